The van der Waals surface area contributed by atoms with Gasteiger partial charge in [0.2, 0.25) is 0 Å². The Balaban J connectivity index is 2.33. The molecule has 0 radical (unpaired) electrons. The molecule has 0 bridgehead atoms. The minimum absolute atomic E-state index is 0.0438. The zero-order chi connectivity index (χ0) is 14.9. The Kier molecular flexibility index (Phi) is 4.39. The van der Waals surface area contributed by atoms with Gasteiger partial charge in [0.15, 0.2) is 0 Å². The van der Waals surface area contributed by atoms with Gasteiger partial charge >= 0.3 is 6.18 Å². The summed E-state index contributed by atoms with van der Waals surface area (Å²) in [6, 6.07) is 3.09. The molecule has 1 aliphatic heterocycles. The molecule has 1 N–H and O–H groups in total. The predicted octanol–water partition coefficient (Wildman–Crippen LogP) is 2.90. The van der Waals surface area contributed by atoms with Crippen molar-refractivity contribution in [2.24, 2.45) is 0 Å². The van der Waals surface area contributed by atoms with E-state index in [1.54, 1.807) is 4.90 Å². The zero-order valence-corrected chi connectivity index (χ0v) is 12.4. The number of benzene rings is 1. The summed E-state index contributed by atoms with van der Waals surface area (Å²) in [4.78, 5) is 14.0. The molecule has 0 unspecified atom stereocenters. The number of halogens is 4. The van der Waals surface area contributed by atoms with Crippen molar-refractivity contribution in [1.82, 2.24) is 10.2 Å². The Morgan fingerprint density at radius 1 is 1.45 bits per heavy atom. The van der Waals surface area contributed by atoms with E-state index in [2.05, 4.69) is 21.2 Å². The van der Waals surface area contributed by atoms with E-state index in [-0.39, 0.29) is 17.5 Å². The molecule has 1 atom stereocenters. The Labute approximate surface area is 123 Å². The van der Waals surface area contributed by atoms with Crippen LogP contribution in [0.3, 0.4) is 0 Å². The number of hydrogen-bond acceptors (Lipinski definition) is 2. The molecule has 3 nitrogen and oxygen atoms in total. The van der Waals surface area contributed by atoms with E-state index in [9.17, 15) is 18.0 Å². The summed E-state index contributed by atoms with van der Waals surface area (Å²) in [5, 5.41) is 3.14. The molecule has 0 saturated carbocycles. The molecule has 1 amide bonds. The van der Waals surface area contributed by atoms with Crippen molar-refractivity contribution in [2.75, 3.05) is 19.6 Å². The average Bonchev–Trinajstić information content (AvgIpc) is 2.37. The monoisotopic (exact) mass is 350 g/mol. The quantitative estimate of drug-likeness (QED) is 0.844. The van der Waals surface area contributed by atoms with Crippen LogP contribution in [-0.4, -0.2) is 36.5 Å². The highest BCUT2D eigenvalue weighted by molar-refractivity contribution is 9.10. The highest BCUT2D eigenvalue weighted by atomic mass is 79.9. The Morgan fingerprint density at radius 3 is 2.75 bits per heavy atom. The van der Waals surface area contributed by atoms with Crippen LogP contribution in [0.1, 0.15) is 22.8 Å². The number of nitrogens with one attached hydrogen (secondary N) is 1. The molecule has 7 heteroatoms. The van der Waals surface area contributed by atoms with Crippen LogP contribution in [0.15, 0.2) is 22.7 Å². The number of amides is 1. The minimum atomic E-state index is -4.45. The highest BCUT2D eigenvalue weighted by Crippen LogP contribution is 2.32. The standard InChI is InChI=1S/C13H14BrF3N2O/c1-8-7-18-4-5-19(8)12(20)10-6-9(13(15,16)17)2-3-11(10)14/h2-3,6,8,18H,4-5,7H2,1H3/t8-/m0/s1. The lowest BCUT2D eigenvalue weighted by Gasteiger charge is -2.34. The van der Waals surface area contributed by atoms with Gasteiger partial charge < -0.3 is 10.2 Å². The predicted molar refractivity (Wildman–Crippen MR) is 72.5 cm³/mol. The van der Waals surface area contributed by atoms with E-state index < -0.39 is 11.7 Å². The second-order valence-electron chi connectivity index (χ2n) is 4.74. The van der Waals surface area contributed by atoms with E-state index in [0.29, 0.717) is 24.1 Å². The molecule has 1 heterocycles. The SMILES string of the molecule is C[C@H]1CNCCN1C(=O)c1cc(C(F)(F)F)ccc1Br. The van der Waals surface area contributed by atoms with Gasteiger partial charge in [0.05, 0.1) is 11.1 Å². The van der Waals surface area contributed by atoms with Gasteiger partial charge in [-0.2, -0.15) is 13.2 Å². The van der Waals surface area contributed by atoms with E-state index >= 15 is 0 Å². The summed E-state index contributed by atoms with van der Waals surface area (Å²) in [7, 11) is 0. The smallest absolute Gasteiger partial charge is 0.333 e. The number of rotatable bonds is 1. The largest absolute Gasteiger partial charge is 0.416 e. The molecule has 0 aromatic heterocycles. The number of piperazine rings is 1. The second kappa shape index (κ2) is 5.73. The van der Waals surface area contributed by atoms with Crippen molar-refractivity contribution in [2.45, 2.75) is 19.1 Å². The number of alkyl halides is 3. The summed E-state index contributed by atoms with van der Waals surface area (Å²) >= 11 is 3.15. The van der Waals surface area contributed by atoms with Crippen molar-refractivity contribution in [1.29, 1.82) is 0 Å². The first-order valence-corrected chi connectivity index (χ1v) is 6.98. The van der Waals surface area contributed by atoms with E-state index in [1.807, 2.05) is 6.92 Å². The number of carbonyl (C=O) groups is 1. The molecule has 1 saturated heterocycles. The molecule has 110 valence electrons. The van der Waals surface area contributed by atoms with E-state index in [4.69, 9.17) is 0 Å². The van der Waals surface area contributed by atoms with Crippen molar-refractivity contribution in [3.05, 3.63) is 33.8 Å². The second-order valence-corrected chi connectivity index (χ2v) is 5.60. The first-order valence-electron chi connectivity index (χ1n) is 6.19. The van der Waals surface area contributed by atoms with Gasteiger partial charge in [0, 0.05) is 30.1 Å². The van der Waals surface area contributed by atoms with Crippen LogP contribution < -0.4 is 5.32 Å². The summed E-state index contributed by atoms with van der Waals surface area (Å²) < 4.78 is 38.6. The molecule has 0 spiro atoms. The number of nitrogens with zero attached hydrogens (tertiary/aromatic N) is 1. The third kappa shape index (κ3) is 3.15. The average molecular weight is 351 g/mol. The maximum atomic E-state index is 12.7. The first-order chi connectivity index (χ1) is 9.30. The lowest BCUT2D eigenvalue weighted by Crippen LogP contribution is -2.52. The minimum Gasteiger partial charge on any atom is -0.333 e. The van der Waals surface area contributed by atoms with Gasteiger partial charge in [-0.3, -0.25) is 4.79 Å². The fourth-order valence-corrected chi connectivity index (χ4v) is 2.58. The Morgan fingerprint density at radius 2 is 2.15 bits per heavy atom. The third-order valence-corrected chi connectivity index (χ3v) is 3.98. The van der Waals surface area contributed by atoms with Gasteiger partial charge in [-0.25, -0.2) is 0 Å². The Bertz CT molecular complexity index is 519. The topological polar surface area (TPSA) is 32.3 Å². The summed E-state index contributed by atoms with van der Waals surface area (Å²) in [6.45, 7) is 3.64. The molecule has 1 aliphatic rings. The lowest BCUT2D eigenvalue weighted by molar-refractivity contribution is -0.137. The fourth-order valence-electron chi connectivity index (χ4n) is 2.16. The summed E-state index contributed by atoms with van der Waals surface area (Å²) in [5.74, 6) is -0.378. The maximum Gasteiger partial charge on any atom is 0.416 e. The molecule has 1 aromatic carbocycles. The van der Waals surface area contributed by atoms with Crippen LogP contribution >= 0.6 is 15.9 Å². The molecule has 2 rings (SSSR count). The van der Waals surface area contributed by atoms with Crippen LogP contribution in [0.5, 0.6) is 0 Å². The van der Waals surface area contributed by atoms with Gasteiger partial charge in [0.25, 0.3) is 5.91 Å². The number of carbonyl (C=O) groups excluding carboxylic acids is 1. The van der Waals surface area contributed by atoms with Crippen LogP contribution in [-0.2, 0) is 6.18 Å². The van der Waals surface area contributed by atoms with Gasteiger partial charge in [-0.05, 0) is 41.1 Å². The van der Waals surface area contributed by atoms with Crippen molar-refractivity contribution < 1.29 is 18.0 Å². The molecule has 0 aliphatic carbocycles. The fraction of sp³-hybridized carbons (Fsp3) is 0.462. The van der Waals surface area contributed by atoms with Gasteiger partial charge in [-0.1, -0.05) is 0 Å². The molecule has 1 aromatic rings. The van der Waals surface area contributed by atoms with Crippen molar-refractivity contribution in [3.63, 3.8) is 0 Å². The van der Waals surface area contributed by atoms with Crippen LogP contribution in [0.25, 0.3) is 0 Å². The van der Waals surface area contributed by atoms with Gasteiger partial charge in [-0.15, -0.1) is 0 Å². The van der Waals surface area contributed by atoms with Crippen LogP contribution in [0.4, 0.5) is 13.2 Å². The summed E-state index contributed by atoms with van der Waals surface area (Å²) in [6.07, 6.45) is -4.45. The van der Waals surface area contributed by atoms with Gasteiger partial charge in [0.1, 0.15) is 0 Å². The maximum absolute atomic E-state index is 12.7. The molecule has 20 heavy (non-hydrogen) atoms. The molecular weight excluding hydrogens is 337 g/mol. The van der Waals surface area contributed by atoms with Crippen molar-refractivity contribution in [3.8, 4) is 0 Å². The Hall–Kier alpha value is -1.08. The highest BCUT2D eigenvalue weighted by Gasteiger charge is 2.33. The van der Waals surface area contributed by atoms with E-state index in [0.717, 1.165) is 12.1 Å². The molecule has 1 fully saturated rings. The van der Waals surface area contributed by atoms with Crippen LogP contribution in [0.2, 0.25) is 0 Å². The van der Waals surface area contributed by atoms with Crippen LogP contribution in [0, 0.1) is 0 Å². The third-order valence-electron chi connectivity index (χ3n) is 3.29. The van der Waals surface area contributed by atoms with Crippen molar-refractivity contribution >= 4 is 21.8 Å². The normalized spacial score (nSPS) is 20.1. The summed E-state index contributed by atoms with van der Waals surface area (Å²) in [5.41, 5.74) is -0.764. The first kappa shape index (κ1) is 15.3. The number of hydrogen-bond donors (Lipinski definition) is 1. The van der Waals surface area contributed by atoms with E-state index in [1.165, 1.54) is 6.07 Å². The zero-order valence-electron chi connectivity index (χ0n) is 10.8. The molecular formula is C13H14BrF3N2O. The lowest BCUT2D eigenvalue weighted by atomic mass is 10.1.